The fraction of sp³-hybridized carbons (Fsp3) is 0.316. The number of nitrogens with zero attached hydrogens (tertiary/aromatic N) is 5. The van der Waals surface area contributed by atoms with Crippen molar-refractivity contribution in [2.45, 2.75) is 26.2 Å². The first-order valence-electron chi connectivity index (χ1n) is 8.51. The Kier molecular flexibility index (Phi) is 3.99. The minimum absolute atomic E-state index is 0.817. The lowest BCUT2D eigenvalue weighted by molar-refractivity contribution is 0.572. The van der Waals surface area contributed by atoms with Crippen molar-refractivity contribution in [2.75, 3.05) is 18.0 Å². The van der Waals surface area contributed by atoms with E-state index >= 15 is 0 Å². The number of aryl methyl sites for hydroxylation is 1. The van der Waals surface area contributed by atoms with Crippen molar-refractivity contribution in [3.8, 4) is 17.1 Å². The van der Waals surface area contributed by atoms with Gasteiger partial charge in [0.05, 0.1) is 11.4 Å². The molecule has 0 amide bonds. The highest BCUT2D eigenvalue weighted by molar-refractivity contribution is 5.62. The van der Waals surface area contributed by atoms with Crippen LogP contribution in [-0.2, 0) is 0 Å². The van der Waals surface area contributed by atoms with E-state index in [9.17, 15) is 0 Å². The molecule has 0 bridgehead atoms. The lowest BCUT2D eigenvalue weighted by atomic mass is 10.1. The zero-order valence-electron chi connectivity index (χ0n) is 13.9. The number of benzene rings is 1. The number of aromatic nitrogens is 4. The van der Waals surface area contributed by atoms with Gasteiger partial charge in [-0.15, -0.1) is 0 Å². The molecule has 0 saturated carbocycles. The molecule has 0 unspecified atom stereocenters. The summed E-state index contributed by atoms with van der Waals surface area (Å²) in [6, 6.07) is 14.4. The Morgan fingerprint density at radius 1 is 0.875 bits per heavy atom. The Bertz CT molecular complexity index is 819. The van der Waals surface area contributed by atoms with E-state index in [0.717, 1.165) is 41.7 Å². The molecule has 0 radical (unpaired) electrons. The maximum Gasteiger partial charge on any atom is 0.159 e. The largest absolute Gasteiger partial charge is 0.356 e. The molecule has 1 aliphatic rings. The molecule has 0 aliphatic carbocycles. The molecule has 4 rings (SSSR count). The van der Waals surface area contributed by atoms with Gasteiger partial charge < -0.3 is 4.90 Å². The predicted octanol–water partition coefficient (Wildman–Crippen LogP) is 3.63. The number of hydrogen-bond acceptors (Lipinski definition) is 4. The van der Waals surface area contributed by atoms with Crippen molar-refractivity contribution in [3.63, 3.8) is 0 Å². The summed E-state index contributed by atoms with van der Waals surface area (Å²) in [6.45, 7) is 4.15. The number of piperidine rings is 1. The SMILES string of the molecule is Cc1cc(-c2ccccc2)n(-c2cc(N3CCCCC3)ncn2)n1. The highest BCUT2D eigenvalue weighted by Crippen LogP contribution is 2.25. The molecule has 0 atom stereocenters. The second kappa shape index (κ2) is 6.43. The van der Waals surface area contributed by atoms with Crippen LogP contribution < -0.4 is 4.90 Å². The first kappa shape index (κ1) is 14.9. The summed E-state index contributed by atoms with van der Waals surface area (Å²) < 4.78 is 1.92. The Labute approximate surface area is 142 Å². The van der Waals surface area contributed by atoms with Gasteiger partial charge in [0.2, 0.25) is 0 Å². The Morgan fingerprint density at radius 2 is 1.62 bits per heavy atom. The van der Waals surface area contributed by atoms with Gasteiger partial charge in [-0.3, -0.25) is 0 Å². The Morgan fingerprint density at radius 3 is 2.42 bits per heavy atom. The minimum Gasteiger partial charge on any atom is -0.356 e. The van der Waals surface area contributed by atoms with Crippen LogP contribution in [0.2, 0.25) is 0 Å². The number of hydrogen-bond donors (Lipinski definition) is 0. The second-order valence-corrected chi connectivity index (χ2v) is 6.23. The molecule has 3 heterocycles. The smallest absolute Gasteiger partial charge is 0.159 e. The summed E-state index contributed by atoms with van der Waals surface area (Å²) in [4.78, 5) is 11.3. The third-order valence-electron chi connectivity index (χ3n) is 4.44. The van der Waals surface area contributed by atoms with E-state index in [-0.39, 0.29) is 0 Å². The molecule has 5 heteroatoms. The van der Waals surface area contributed by atoms with E-state index in [1.54, 1.807) is 6.33 Å². The fourth-order valence-electron chi connectivity index (χ4n) is 3.24. The standard InChI is InChI=1S/C19H21N5/c1-15-12-17(16-8-4-2-5-9-16)24(22-15)19-13-18(20-14-21-19)23-10-6-3-7-11-23/h2,4-5,8-9,12-14H,3,6-7,10-11H2,1H3. The topological polar surface area (TPSA) is 46.8 Å². The molecular weight excluding hydrogens is 298 g/mol. The Hall–Kier alpha value is -2.69. The average Bonchev–Trinajstić information content (AvgIpc) is 3.05. The van der Waals surface area contributed by atoms with Gasteiger partial charge in [-0.05, 0) is 32.3 Å². The number of anilines is 1. The van der Waals surface area contributed by atoms with E-state index in [4.69, 9.17) is 0 Å². The van der Waals surface area contributed by atoms with Crippen molar-refractivity contribution in [1.29, 1.82) is 0 Å². The molecule has 122 valence electrons. The van der Waals surface area contributed by atoms with Crippen LogP contribution in [0.3, 0.4) is 0 Å². The molecule has 24 heavy (non-hydrogen) atoms. The molecule has 3 aromatic rings. The van der Waals surface area contributed by atoms with Gasteiger partial charge in [0, 0.05) is 24.7 Å². The maximum atomic E-state index is 4.65. The second-order valence-electron chi connectivity index (χ2n) is 6.23. The van der Waals surface area contributed by atoms with Crippen LogP contribution in [0, 0.1) is 6.92 Å². The molecule has 1 aliphatic heterocycles. The predicted molar refractivity (Wildman–Crippen MR) is 95.4 cm³/mol. The van der Waals surface area contributed by atoms with Crippen LogP contribution in [0.1, 0.15) is 25.0 Å². The van der Waals surface area contributed by atoms with E-state index in [2.05, 4.69) is 38.2 Å². The minimum atomic E-state index is 0.817. The first-order chi connectivity index (χ1) is 11.8. The van der Waals surface area contributed by atoms with Crippen LogP contribution in [0.25, 0.3) is 17.1 Å². The van der Waals surface area contributed by atoms with Crippen LogP contribution in [0.5, 0.6) is 0 Å². The molecule has 1 saturated heterocycles. The zero-order chi connectivity index (χ0) is 16.4. The van der Waals surface area contributed by atoms with Gasteiger partial charge in [0.15, 0.2) is 5.82 Å². The van der Waals surface area contributed by atoms with Crippen molar-refractivity contribution < 1.29 is 0 Å². The summed E-state index contributed by atoms with van der Waals surface area (Å²) in [7, 11) is 0. The van der Waals surface area contributed by atoms with Gasteiger partial charge in [-0.1, -0.05) is 30.3 Å². The lowest BCUT2D eigenvalue weighted by Gasteiger charge is -2.27. The molecule has 5 nitrogen and oxygen atoms in total. The lowest BCUT2D eigenvalue weighted by Crippen LogP contribution is -2.30. The van der Waals surface area contributed by atoms with E-state index in [0.29, 0.717) is 0 Å². The molecule has 1 fully saturated rings. The summed E-state index contributed by atoms with van der Waals surface area (Å²) in [5.41, 5.74) is 3.17. The summed E-state index contributed by atoms with van der Waals surface area (Å²) in [5.74, 6) is 1.81. The van der Waals surface area contributed by atoms with Crippen molar-refractivity contribution in [3.05, 3.63) is 54.5 Å². The van der Waals surface area contributed by atoms with Crippen molar-refractivity contribution in [1.82, 2.24) is 19.7 Å². The van der Waals surface area contributed by atoms with Crippen LogP contribution in [-0.4, -0.2) is 32.8 Å². The highest BCUT2D eigenvalue weighted by atomic mass is 15.3. The fourth-order valence-corrected chi connectivity index (χ4v) is 3.24. The normalized spacial score (nSPS) is 14.8. The van der Waals surface area contributed by atoms with E-state index in [1.165, 1.54) is 19.3 Å². The molecule has 0 spiro atoms. The summed E-state index contributed by atoms with van der Waals surface area (Å²) in [5, 5.41) is 4.65. The molecule has 1 aromatic carbocycles. The summed E-state index contributed by atoms with van der Waals surface area (Å²) in [6.07, 6.45) is 5.42. The van der Waals surface area contributed by atoms with E-state index in [1.807, 2.05) is 35.9 Å². The monoisotopic (exact) mass is 319 g/mol. The quantitative estimate of drug-likeness (QED) is 0.739. The van der Waals surface area contributed by atoms with Gasteiger partial charge in [0.1, 0.15) is 12.1 Å². The van der Waals surface area contributed by atoms with Crippen LogP contribution in [0.4, 0.5) is 5.82 Å². The highest BCUT2D eigenvalue weighted by Gasteiger charge is 2.15. The number of rotatable bonds is 3. The van der Waals surface area contributed by atoms with Gasteiger partial charge >= 0.3 is 0 Å². The van der Waals surface area contributed by atoms with Gasteiger partial charge in [-0.2, -0.15) is 5.10 Å². The third-order valence-corrected chi connectivity index (χ3v) is 4.44. The average molecular weight is 319 g/mol. The summed E-state index contributed by atoms with van der Waals surface area (Å²) >= 11 is 0. The molecular formula is C19H21N5. The van der Waals surface area contributed by atoms with Gasteiger partial charge in [-0.25, -0.2) is 14.6 Å². The van der Waals surface area contributed by atoms with Crippen molar-refractivity contribution in [2.24, 2.45) is 0 Å². The van der Waals surface area contributed by atoms with Gasteiger partial charge in [0.25, 0.3) is 0 Å². The van der Waals surface area contributed by atoms with Crippen molar-refractivity contribution >= 4 is 5.82 Å². The zero-order valence-corrected chi connectivity index (χ0v) is 13.9. The third kappa shape index (κ3) is 2.89. The first-order valence-corrected chi connectivity index (χ1v) is 8.51. The van der Waals surface area contributed by atoms with Crippen LogP contribution >= 0.6 is 0 Å². The van der Waals surface area contributed by atoms with E-state index < -0.39 is 0 Å². The molecule has 2 aromatic heterocycles. The molecule has 0 N–H and O–H groups in total. The Balaban J connectivity index is 1.74. The van der Waals surface area contributed by atoms with Crippen LogP contribution in [0.15, 0.2) is 48.8 Å². The maximum absolute atomic E-state index is 4.65.